The van der Waals surface area contributed by atoms with Crippen LogP contribution in [-0.2, 0) is 0 Å². The number of nitrogens with two attached hydrogens (primary N) is 1. The molecule has 0 spiro atoms. The van der Waals surface area contributed by atoms with Gasteiger partial charge in [-0.3, -0.25) is 0 Å². The average Bonchev–Trinajstić information content (AvgIpc) is 2.56. The molecule has 84 valence electrons. The van der Waals surface area contributed by atoms with Gasteiger partial charge in [0.2, 0.25) is 0 Å². The Morgan fingerprint density at radius 2 is 2.00 bits per heavy atom. The fourth-order valence-corrected chi connectivity index (χ4v) is 2.75. The first kappa shape index (κ1) is 12.0. The van der Waals surface area contributed by atoms with Crippen molar-refractivity contribution >= 4 is 0 Å². The fraction of sp³-hybridized carbons (Fsp3) is 1.00. The quantitative estimate of drug-likeness (QED) is 0.643. The summed E-state index contributed by atoms with van der Waals surface area (Å²) < 4.78 is 0. The second kappa shape index (κ2) is 5.75. The van der Waals surface area contributed by atoms with Crippen molar-refractivity contribution in [3.8, 4) is 0 Å². The van der Waals surface area contributed by atoms with Crippen molar-refractivity contribution < 1.29 is 0 Å². The average molecular weight is 197 g/mol. The third-order valence-electron chi connectivity index (χ3n) is 3.85. The summed E-state index contributed by atoms with van der Waals surface area (Å²) in [5.41, 5.74) is 6.62. The van der Waals surface area contributed by atoms with Crippen LogP contribution in [0.15, 0.2) is 0 Å². The minimum absolute atomic E-state index is 0.217. The van der Waals surface area contributed by atoms with E-state index in [4.69, 9.17) is 5.73 Å². The maximum Gasteiger partial charge on any atom is 0.0157 e. The highest BCUT2D eigenvalue weighted by Gasteiger charge is 2.33. The van der Waals surface area contributed by atoms with Gasteiger partial charge in [0, 0.05) is 5.54 Å². The topological polar surface area (TPSA) is 26.0 Å². The van der Waals surface area contributed by atoms with Gasteiger partial charge in [-0.1, -0.05) is 46.0 Å². The van der Waals surface area contributed by atoms with Crippen molar-refractivity contribution in [3.05, 3.63) is 0 Å². The summed E-state index contributed by atoms with van der Waals surface area (Å²) in [7, 11) is 0. The number of hydrogen-bond donors (Lipinski definition) is 1. The second-order valence-electron chi connectivity index (χ2n) is 5.19. The van der Waals surface area contributed by atoms with E-state index in [9.17, 15) is 0 Å². The monoisotopic (exact) mass is 197 g/mol. The van der Waals surface area contributed by atoms with Gasteiger partial charge in [0.25, 0.3) is 0 Å². The molecule has 0 heterocycles. The fourth-order valence-electron chi connectivity index (χ4n) is 2.75. The molecule has 0 aromatic heterocycles. The Bertz CT molecular complexity index is 155. The Hall–Kier alpha value is -0.0400. The van der Waals surface area contributed by atoms with Crippen LogP contribution in [0.1, 0.15) is 71.6 Å². The van der Waals surface area contributed by atoms with Crippen LogP contribution in [0.25, 0.3) is 0 Å². The van der Waals surface area contributed by atoms with E-state index in [0.717, 1.165) is 5.92 Å². The summed E-state index contributed by atoms with van der Waals surface area (Å²) >= 11 is 0. The summed E-state index contributed by atoms with van der Waals surface area (Å²) in [6.07, 6.45) is 12.0. The predicted octanol–water partition coefficient (Wildman–Crippen LogP) is 3.86. The Morgan fingerprint density at radius 1 is 1.21 bits per heavy atom. The van der Waals surface area contributed by atoms with Crippen molar-refractivity contribution in [1.29, 1.82) is 0 Å². The van der Waals surface area contributed by atoms with Crippen LogP contribution in [0.4, 0.5) is 0 Å². The van der Waals surface area contributed by atoms with E-state index in [0.29, 0.717) is 0 Å². The summed E-state index contributed by atoms with van der Waals surface area (Å²) in [6, 6.07) is 0. The van der Waals surface area contributed by atoms with Crippen LogP contribution in [0.3, 0.4) is 0 Å². The van der Waals surface area contributed by atoms with Crippen molar-refractivity contribution in [3.63, 3.8) is 0 Å². The highest BCUT2D eigenvalue weighted by atomic mass is 14.8. The summed E-state index contributed by atoms with van der Waals surface area (Å²) in [5, 5.41) is 0. The molecule has 1 fully saturated rings. The maximum atomic E-state index is 6.41. The van der Waals surface area contributed by atoms with Gasteiger partial charge in [-0.2, -0.15) is 0 Å². The molecule has 0 aromatic rings. The first-order chi connectivity index (χ1) is 6.70. The Morgan fingerprint density at radius 3 is 2.57 bits per heavy atom. The second-order valence-corrected chi connectivity index (χ2v) is 5.19. The van der Waals surface area contributed by atoms with Crippen LogP contribution in [0.2, 0.25) is 0 Å². The van der Waals surface area contributed by atoms with E-state index >= 15 is 0 Å². The predicted molar refractivity (Wildman–Crippen MR) is 63.3 cm³/mol. The lowest BCUT2D eigenvalue weighted by Crippen LogP contribution is -2.36. The lowest BCUT2D eigenvalue weighted by Gasteiger charge is -2.24. The molecule has 0 aliphatic heterocycles. The first-order valence-corrected chi connectivity index (χ1v) is 6.49. The molecule has 1 nitrogen and oxygen atoms in total. The molecule has 0 amide bonds. The smallest absolute Gasteiger partial charge is 0.0157 e. The van der Waals surface area contributed by atoms with Crippen molar-refractivity contribution in [2.24, 2.45) is 11.7 Å². The molecule has 0 bridgehead atoms. The molecule has 0 saturated heterocycles. The summed E-state index contributed by atoms with van der Waals surface area (Å²) in [4.78, 5) is 0. The lowest BCUT2D eigenvalue weighted by molar-refractivity contribution is 0.366. The Labute approximate surface area is 89.5 Å². The maximum absolute atomic E-state index is 6.41. The van der Waals surface area contributed by atoms with Gasteiger partial charge < -0.3 is 5.73 Å². The molecule has 0 radical (unpaired) electrons. The lowest BCUT2D eigenvalue weighted by atomic mass is 9.90. The van der Waals surface area contributed by atoms with Gasteiger partial charge >= 0.3 is 0 Å². The molecular weight excluding hydrogens is 170 g/mol. The highest BCUT2D eigenvalue weighted by molar-refractivity contribution is 4.92. The summed E-state index contributed by atoms with van der Waals surface area (Å²) in [6.45, 7) is 4.56. The van der Waals surface area contributed by atoms with Crippen LogP contribution in [0.5, 0.6) is 0 Å². The van der Waals surface area contributed by atoms with E-state index in [1.807, 2.05) is 0 Å². The minimum atomic E-state index is 0.217. The SMILES string of the molecule is CCCCCCC1(N)CCC(CC)C1. The van der Waals surface area contributed by atoms with Crippen molar-refractivity contribution in [2.75, 3.05) is 0 Å². The first-order valence-electron chi connectivity index (χ1n) is 6.49. The molecule has 1 rings (SSSR count). The number of rotatable bonds is 6. The van der Waals surface area contributed by atoms with Gasteiger partial charge in [0.1, 0.15) is 0 Å². The molecule has 14 heavy (non-hydrogen) atoms. The van der Waals surface area contributed by atoms with Crippen LogP contribution in [-0.4, -0.2) is 5.54 Å². The molecule has 2 atom stereocenters. The number of hydrogen-bond acceptors (Lipinski definition) is 1. The Balaban J connectivity index is 2.16. The van der Waals surface area contributed by atoms with Gasteiger partial charge in [0.05, 0.1) is 0 Å². The van der Waals surface area contributed by atoms with Gasteiger partial charge in [0.15, 0.2) is 0 Å². The molecule has 1 aliphatic rings. The molecule has 1 heteroatoms. The Kier molecular flexibility index (Phi) is 4.94. The van der Waals surface area contributed by atoms with Crippen LogP contribution < -0.4 is 5.73 Å². The molecule has 2 unspecified atom stereocenters. The van der Waals surface area contributed by atoms with Gasteiger partial charge in [-0.25, -0.2) is 0 Å². The standard InChI is InChI=1S/C13H27N/c1-3-5-6-7-9-13(14)10-8-12(4-2)11-13/h12H,3-11,14H2,1-2H3. The third-order valence-corrected chi connectivity index (χ3v) is 3.85. The molecule has 2 N–H and O–H groups in total. The molecule has 1 aliphatic carbocycles. The van der Waals surface area contributed by atoms with Crippen molar-refractivity contribution in [1.82, 2.24) is 0 Å². The van der Waals surface area contributed by atoms with Crippen LogP contribution in [0, 0.1) is 5.92 Å². The van der Waals surface area contributed by atoms with E-state index < -0.39 is 0 Å². The zero-order chi connectivity index (χ0) is 10.4. The van der Waals surface area contributed by atoms with E-state index in [1.165, 1.54) is 57.8 Å². The molecular formula is C13H27N. The van der Waals surface area contributed by atoms with Gasteiger partial charge in [-0.05, 0) is 31.6 Å². The van der Waals surface area contributed by atoms with E-state index in [2.05, 4.69) is 13.8 Å². The van der Waals surface area contributed by atoms with Crippen LogP contribution >= 0.6 is 0 Å². The van der Waals surface area contributed by atoms with E-state index in [-0.39, 0.29) is 5.54 Å². The highest BCUT2D eigenvalue weighted by Crippen LogP contribution is 2.37. The normalized spacial score (nSPS) is 32.4. The molecule has 1 saturated carbocycles. The number of unbranched alkanes of at least 4 members (excludes halogenated alkanes) is 3. The van der Waals surface area contributed by atoms with Crippen molar-refractivity contribution in [2.45, 2.75) is 77.2 Å². The zero-order valence-electron chi connectivity index (χ0n) is 10.0. The minimum Gasteiger partial charge on any atom is -0.325 e. The molecule has 0 aromatic carbocycles. The third kappa shape index (κ3) is 3.61. The largest absolute Gasteiger partial charge is 0.325 e. The van der Waals surface area contributed by atoms with Gasteiger partial charge in [-0.15, -0.1) is 0 Å². The summed E-state index contributed by atoms with van der Waals surface area (Å²) in [5.74, 6) is 0.922. The van der Waals surface area contributed by atoms with E-state index in [1.54, 1.807) is 0 Å². The zero-order valence-corrected chi connectivity index (χ0v) is 10.0.